The Hall–Kier alpha value is -2.73. The van der Waals surface area contributed by atoms with E-state index in [2.05, 4.69) is 0 Å². The monoisotopic (exact) mass is 385 g/mol. The van der Waals surface area contributed by atoms with Gasteiger partial charge in [-0.2, -0.15) is 0 Å². The van der Waals surface area contributed by atoms with Gasteiger partial charge in [-0.25, -0.2) is 0 Å². The molecule has 2 unspecified atom stereocenters. The smallest absolute Gasteiger partial charge is 0.320 e. The van der Waals surface area contributed by atoms with Crippen LogP contribution in [0.5, 0.6) is 17.2 Å². The number of para-hydroxylation sites is 1. The fourth-order valence-corrected chi connectivity index (χ4v) is 3.99. The van der Waals surface area contributed by atoms with E-state index in [-0.39, 0.29) is 6.04 Å². The molecule has 2 aromatic carbocycles. The van der Waals surface area contributed by atoms with Crippen LogP contribution in [0.15, 0.2) is 42.5 Å². The van der Waals surface area contributed by atoms with Crippen molar-refractivity contribution >= 4 is 5.97 Å². The number of ether oxygens (including phenoxy) is 3. The Kier molecular flexibility index (Phi) is 6.41. The minimum Gasteiger partial charge on any atom is -0.497 e. The van der Waals surface area contributed by atoms with E-state index in [4.69, 9.17) is 14.2 Å². The summed E-state index contributed by atoms with van der Waals surface area (Å²) in [5, 5.41) is 9.86. The molecule has 2 aromatic rings. The molecule has 0 amide bonds. The summed E-state index contributed by atoms with van der Waals surface area (Å²) in [5.41, 5.74) is 1.81. The Balaban J connectivity index is 2.19. The van der Waals surface area contributed by atoms with Crippen LogP contribution >= 0.6 is 0 Å². The van der Waals surface area contributed by atoms with Crippen molar-refractivity contribution < 1.29 is 24.1 Å². The number of aliphatic carboxylic acids is 1. The van der Waals surface area contributed by atoms with Crippen LogP contribution in [0.3, 0.4) is 0 Å². The number of methoxy groups -OCH3 is 3. The number of benzene rings is 2. The Bertz CT molecular complexity index is 822. The van der Waals surface area contributed by atoms with Gasteiger partial charge in [-0.05, 0) is 37.6 Å². The summed E-state index contributed by atoms with van der Waals surface area (Å²) in [6.45, 7) is 0.689. The molecule has 1 saturated heterocycles. The SMILES string of the molecule is COc1ccc(C(c2ccccc2OC)N2CCCCC2C(=O)O)c(OC)c1. The molecule has 0 aliphatic carbocycles. The number of hydrogen-bond acceptors (Lipinski definition) is 5. The summed E-state index contributed by atoms with van der Waals surface area (Å²) in [6.07, 6.45) is 2.49. The number of carbonyl (C=O) groups is 1. The van der Waals surface area contributed by atoms with Gasteiger partial charge in [-0.15, -0.1) is 0 Å². The molecule has 6 heteroatoms. The van der Waals surface area contributed by atoms with Crippen molar-refractivity contribution in [2.45, 2.75) is 31.3 Å². The van der Waals surface area contributed by atoms with E-state index in [0.29, 0.717) is 24.5 Å². The fraction of sp³-hybridized carbons (Fsp3) is 0.409. The molecule has 6 nitrogen and oxygen atoms in total. The molecule has 28 heavy (non-hydrogen) atoms. The van der Waals surface area contributed by atoms with Crippen molar-refractivity contribution in [3.8, 4) is 17.2 Å². The van der Waals surface area contributed by atoms with Crippen LogP contribution in [-0.4, -0.2) is 49.9 Å². The van der Waals surface area contributed by atoms with Crippen LogP contribution < -0.4 is 14.2 Å². The third kappa shape index (κ3) is 3.92. The van der Waals surface area contributed by atoms with Crippen LogP contribution in [0.4, 0.5) is 0 Å². The first-order valence-corrected chi connectivity index (χ1v) is 9.44. The second-order valence-electron chi connectivity index (χ2n) is 6.84. The zero-order valence-corrected chi connectivity index (χ0v) is 16.6. The number of carboxylic acids is 1. The van der Waals surface area contributed by atoms with Gasteiger partial charge in [0.2, 0.25) is 0 Å². The molecule has 0 saturated carbocycles. The Labute approximate surface area is 165 Å². The summed E-state index contributed by atoms with van der Waals surface area (Å²) < 4.78 is 16.6. The van der Waals surface area contributed by atoms with Crippen LogP contribution in [-0.2, 0) is 4.79 Å². The van der Waals surface area contributed by atoms with E-state index in [1.807, 2.05) is 47.4 Å². The third-order valence-electron chi connectivity index (χ3n) is 5.33. The molecule has 1 aliphatic rings. The number of likely N-dealkylation sites (tertiary alicyclic amines) is 1. The lowest BCUT2D eigenvalue weighted by Crippen LogP contribution is -2.47. The van der Waals surface area contributed by atoms with E-state index in [0.717, 1.165) is 29.7 Å². The topological polar surface area (TPSA) is 68.2 Å². The zero-order valence-electron chi connectivity index (χ0n) is 16.6. The van der Waals surface area contributed by atoms with E-state index in [1.165, 1.54) is 0 Å². The van der Waals surface area contributed by atoms with Gasteiger partial charge in [0.05, 0.1) is 27.4 Å². The molecular formula is C22H27NO5. The van der Waals surface area contributed by atoms with E-state index in [1.54, 1.807) is 21.3 Å². The quantitative estimate of drug-likeness (QED) is 0.783. The van der Waals surface area contributed by atoms with Gasteiger partial charge in [0.1, 0.15) is 23.3 Å². The maximum absolute atomic E-state index is 12.0. The van der Waals surface area contributed by atoms with Crippen molar-refractivity contribution in [1.29, 1.82) is 0 Å². The molecule has 150 valence electrons. The van der Waals surface area contributed by atoms with Crippen molar-refractivity contribution in [1.82, 2.24) is 4.90 Å². The highest BCUT2D eigenvalue weighted by molar-refractivity contribution is 5.74. The Morgan fingerprint density at radius 1 is 1.00 bits per heavy atom. The number of piperidine rings is 1. The standard InChI is InChI=1S/C22H27NO5/c1-26-15-11-12-17(20(14-15)28-3)21(16-8-4-5-10-19(16)27-2)23-13-7-6-9-18(23)22(24)25/h4-5,8,10-12,14,18,21H,6-7,9,13H2,1-3H3,(H,24,25). The average Bonchev–Trinajstić information content (AvgIpc) is 2.74. The largest absolute Gasteiger partial charge is 0.497 e. The second-order valence-corrected chi connectivity index (χ2v) is 6.84. The first kappa shape index (κ1) is 20.0. The van der Waals surface area contributed by atoms with E-state index >= 15 is 0 Å². The first-order chi connectivity index (χ1) is 13.6. The van der Waals surface area contributed by atoms with Crippen LogP contribution in [0.2, 0.25) is 0 Å². The van der Waals surface area contributed by atoms with Gasteiger partial charge in [0.25, 0.3) is 0 Å². The molecule has 0 radical (unpaired) electrons. The van der Waals surface area contributed by atoms with Crippen molar-refractivity contribution in [3.05, 3.63) is 53.6 Å². The normalized spacial score (nSPS) is 18.3. The van der Waals surface area contributed by atoms with Crippen LogP contribution in [0, 0.1) is 0 Å². The average molecular weight is 385 g/mol. The highest BCUT2D eigenvalue weighted by atomic mass is 16.5. The Morgan fingerprint density at radius 2 is 1.71 bits per heavy atom. The van der Waals surface area contributed by atoms with Gasteiger partial charge >= 0.3 is 5.97 Å². The molecule has 1 fully saturated rings. The summed E-state index contributed by atoms with van der Waals surface area (Å²) >= 11 is 0. The predicted octanol–water partition coefficient (Wildman–Crippen LogP) is 3.74. The van der Waals surface area contributed by atoms with Crippen molar-refractivity contribution in [3.63, 3.8) is 0 Å². The molecule has 0 aromatic heterocycles. The zero-order chi connectivity index (χ0) is 20.1. The van der Waals surface area contributed by atoms with E-state index < -0.39 is 12.0 Å². The van der Waals surface area contributed by atoms with Gasteiger partial charge in [-0.1, -0.05) is 24.6 Å². The predicted molar refractivity (Wildman–Crippen MR) is 106 cm³/mol. The van der Waals surface area contributed by atoms with Gasteiger partial charge in [-0.3, -0.25) is 9.69 Å². The molecule has 1 N–H and O–H groups in total. The van der Waals surface area contributed by atoms with Crippen molar-refractivity contribution in [2.24, 2.45) is 0 Å². The highest BCUT2D eigenvalue weighted by Gasteiger charge is 2.37. The lowest BCUT2D eigenvalue weighted by atomic mass is 9.90. The lowest BCUT2D eigenvalue weighted by Gasteiger charge is -2.40. The van der Waals surface area contributed by atoms with Gasteiger partial charge in [0.15, 0.2) is 0 Å². The number of rotatable bonds is 7. The number of nitrogens with zero attached hydrogens (tertiary/aromatic N) is 1. The summed E-state index contributed by atoms with van der Waals surface area (Å²) in [7, 11) is 4.85. The number of hydrogen-bond donors (Lipinski definition) is 1. The maximum atomic E-state index is 12.0. The van der Waals surface area contributed by atoms with Crippen molar-refractivity contribution in [2.75, 3.05) is 27.9 Å². The molecule has 0 spiro atoms. The number of carboxylic acid groups (broad SMARTS) is 1. The molecule has 1 aliphatic heterocycles. The summed E-state index contributed by atoms with van der Waals surface area (Å²) in [6, 6.07) is 12.5. The van der Waals surface area contributed by atoms with Crippen LogP contribution in [0.25, 0.3) is 0 Å². The summed E-state index contributed by atoms with van der Waals surface area (Å²) in [4.78, 5) is 14.1. The summed E-state index contributed by atoms with van der Waals surface area (Å²) in [5.74, 6) is 1.27. The molecule has 2 atom stereocenters. The lowest BCUT2D eigenvalue weighted by molar-refractivity contribution is -0.145. The molecule has 3 rings (SSSR count). The first-order valence-electron chi connectivity index (χ1n) is 9.44. The van der Waals surface area contributed by atoms with Crippen LogP contribution in [0.1, 0.15) is 36.4 Å². The minimum absolute atomic E-state index is 0.307. The Morgan fingerprint density at radius 3 is 2.39 bits per heavy atom. The van der Waals surface area contributed by atoms with E-state index in [9.17, 15) is 9.90 Å². The van der Waals surface area contributed by atoms with Gasteiger partial charge in [0, 0.05) is 17.2 Å². The molecular weight excluding hydrogens is 358 g/mol. The minimum atomic E-state index is -0.799. The second kappa shape index (κ2) is 8.97. The molecule has 0 bridgehead atoms. The third-order valence-corrected chi connectivity index (χ3v) is 5.33. The fourth-order valence-electron chi connectivity index (χ4n) is 3.99. The molecule has 1 heterocycles. The van der Waals surface area contributed by atoms with Gasteiger partial charge < -0.3 is 19.3 Å². The maximum Gasteiger partial charge on any atom is 0.320 e. The highest BCUT2D eigenvalue weighted by Crippen LogP contribution is 2.42.